The van der Waals surface area contributed by atoms with Gasteiger partial charge in [-0.05, 0) is 37.5 Å². The van der Waals surface area contributed by atoms with Crippen molar-refractivity contribution in [3.8, 4) is 11.4 Å². The lowest BCUT2D eigenvalue weighted by Gasteiger charge is -2.30. The molecule has 1 aliphatic rings. The molecule has 4 rings (SSSR count). The molecule has 6 heteroatoms. The van der Waals surface area contributed by atoms with Crippen LogP contribution in [0.2, 0.25) is 0 Å². The molecule has 4 nitrogen and oxygen atoms in total. The van der Waals surface area contributed by atoms with Crippen LogP contribution in [-0.2, 0) is 13.1 Å². The normalized spacial score (nSPS) is 20.1. The smallest absolute Gasteiger partial charge is 0.221 e. The van der Waals surface area contributed by atoms with Crippen LogP contribution >= 0.6 is 23.6 Å². The van der Waals surface area contributed by atoms with Crippen LogP contribution in [-0.4, -0.2) is 21.3 Å². The number of H-pyrrole nitrogens is 1. The highest BCUT2D eigenvalue weighted by Gasteiger charge is 2.28. The summed E-state index contributed by atoms with van der Waals surface area (Å²) in [6.07, 6.45) is 1.15. The van der Waals surface area contributed by atoms with Gasteiger partial charge in [0.2, 0.25) is 4.77 Å². The summed E-state index contributed by atoms with van der Waals surface area (Å²) in [4.78, 5) is 7.61. The van der Waals surface area contributed by atoms with Crippen molar-refractivity contribution >= 4 is 23.6 Å². The Labute approximate surface area is 150 Å². The zero-order valence-corrected chi connectivity index (χ0v) is 15.5. The number of thiophene rings is 1. The predicted molar refractivity (Wildman–Crippen MR) is 99.9 cm³/mol. The minimum atomic E-state index is 0.494. The molecular weight excluding hydrogens is 336 g/mol. The van der Waals surface area contributed by atoms with E-state index in [-0.39, 0.29) is 0 Å². The summed E-state index contributed by atoms with van der Waals surface area (Å²) in [5, 5.41) is 5.60. The molecule has 3 aromatic rings. The molecule has 0 amide bonds. The van der Waals surface area contributed by atoms with E-state index in [9.17, 15) is 0 Å². The van der Waals surface area contributed by atoms with E-state index in [2.05, 4.69) is 59.6 Å². The second kappa shape index (κ2) is 6.27. The summed E-state index contributed by atoms with van der Waals surface area (Å²) in [5.41, 5.74) is 3.81. The highest BCUT2D eigenvalue weighted by atomic mass is 32.1. The molecular formula is C18H21N4S2+. The predicted octanol–water partition coefficient (Wildman–Crippen LogP) is 3.14. The van der Waals surface area contributed by atoms with Crippen molar-refractivity contribution < 1.29 is 4.90 Å². The van der Waals surface area contributed by atoms with Gasteiger partial charge in [-0.1, -0.05) is 29.8 Å². The molecule has 2 N–H and O–H groups in total. The van der Waals surface area contributed by atoms with Gasteiger partial charge < -0.3 is 4.90 Å². The van der Waals surface area contributed by atoms with Gasteiger partial charge in [0.1, 0.15) is 6.04 Å². The maximum absolute atomic E-state index is 5.48. The summed E-state index contributed by atoms with van der Waals surface area (Å²) in [7, 11) is 0. The van der Waals surface area contributed by atoms with Crippen LogP contribution in [0.25, 0.3) is 11.4 Å². The van der Waals surface area contributed by atoms with Gasteiger partial charge in [0.15, 0.2) is 12.5 Å². The lowest BCUT2D eigenvalue weighted by atomic mass is 10.0. The van der Waals surface area contributed by atoms with Crippen LogP contribution in [0.3, 0.4) is 0 Å². The summed E-state index contributed by atoms with van der Waals surface area (Å²) in [5.74, 6) is 0.847. The van der Waals surface area contributed by atoms with Crippen molar-refractivity contribution in [1.82, 2.24) is 14.8 Å². The molecule has 0 aliphatic carbocycles. The number of nitrogens with one attached hydrogen (secondary N) is 2. The highest BCUT2D eigenvalue weighted by molar-refractivity contribution is 7.71. The largest absolute Gasteiger partial charge is 0.310 e. The number of hydrogen-bond acceptors (Lipinski definition) is 3. The van der Waals surface area contributed by atoms with E-state index in [1.165, 1.54) is 16.0 Å². The molecule has 24 heavy (non-hydrogen) atoms. The van der Waals surface area contributed by atoms with Gasteiger partial charge in [-0.3, -0.25) is 5.10 Å². The van der Waals surface area contributed by atoms with Crippen molar-refractivity contribution in [1.29, 1.82) is 0 Å². The Bertz CT molecular complexity index is 904. The topological polar surface area (TPSA) is 38.0 Å². The summed E-state index contributed by atoms with van der Waals surface area (Å²) in [6.45, 7) is 6.36. The number of benzene rings is 1. The number of aryl methyl sites for hydroxylation is 1. The van der Waals surface area contributed by atoms with E-state index in [1.54, 1.807) is 4.88 Å². The first-order chi connectivity index (χ1) is 11.6. The second-order valence-electron chi connectivity index (χ2n) is 6.49. The zero-order valence-electron chi connectivity index (χ0n) is 13.9. The van der Waals surface area contributed by atoms with E-state index in [0.717, 1.165) is 31.0 Å². The molecule has 2 atom stereocenters. The highest BCUT2D eigenvalue weighted by Crippen LogP contribution is 2.24. The van der Waals surface area contributed by atoms with Crippen LogP contribution in [0.15, 0.2) is 35.7 Å². The third kappa shape index (κ3) is 2.85. The average molecular weight is 358 g/mol. The van der Waals surface area contributed by atoms with Crippen LogP contribution in [0, 0.1) is 11.7 Å². The summed E-state index contributed by atoms with van der Waals surface area (Å²) in [6, 6.07) is 11.1. The average Bonchev–Trinajstić information content (AvgIpc) is 3.18. The fourth-order valence-electron chi connectivity index (χ4n) is 3.37. The van der Waals surface area contributed by atoms with Gasteiger partial charge in [-0.2, -0.15) is 4.98 Å². The Morgan fingerprint density at radius 3 is 2.92 bits per heavy atom. The Morgan fingerprint density at radius 2 is 2.12 bits per heavy atom. The van der Waals surface area contributed by atoms with Crippen LogP contribution in [0.1, 0.15) is 29.0 Å². The molecule has 1 aromatic carbocycles. The second-order valence-corrected chi connectivity index (χ2v) is 7.85. The van der Waals surface area contributed by atoms with Crippen molar-refractivity contribution in [2.75, 3.05) is 6.54 Å². The van der Waals surface area contributed by atoms with Crippen molar-refractivity contribution in [3.63, 3.8) is 0 Å². The van der Waals surface area contributed by atoms with Crippen molar-refractivity contribution in [2.45, 2.75) is 33.0 Å². The molecule has 0 fully saturated rings. The molecule has 0 bridgehead atoms. The molecule has 1 unspecified atom stereocenters. The standard InChI is InChI=1S/C18H20N4S2/c1-12-3-5-14(6-4-12)17-19-18(23)22(20-17)11-21-9-7-16-15(13(21)2)8-10-24-16/h3-6,8,10,13H,7,9,11H2,1-2H3,(H,19,20,23)/p+1/t13-/m1/s1. The first-order valence-electron chi connectivity index (χ1n) is 8.26. The zero-order chi connectivity index (χ0) is 16.7. The van der Waals surface area contributed by atoms with Gasteiger partial charge in [0.25, 0.3) is 0 Å². The van der Waals surface area contributed by atoms with Crippen LogP contribution in [0.4, 0.5) is 0 Å². The third-order valence-corrected chi connectivity index (χ3v) is 6.21. The van der Waals surface area contributed by atoms with E-state index in [4.69, 9.17) is 12.2 Å². The molecule has 0 radical (unpaired) electrons. The Balaban J connectivity index is 1.58. The number of rotatable bonds is 3. The number of nitrogens with zero attached hydrogens (tertiary/aromatic N) is 2. The van der Waals surface area contributed by atoms with Crippen molar-refractivity contribution in [3.05, 3.63) is 56.5 Å². The fraction of sp³-hybridized carbons (Fsp3) is 0.333. The first kappa shape index (κ1) is 15.7. The van der Waals surface area contributed by atoms with E-state index >= 15 is 0 Å². The van der Waals surface area contributed by atoms with Gasteiger partial charge in [-0.25, -0.2) is 4.68 Å². The fourth-order valence-corrected chi connectivity index (χ4v) is 4.55. The van der Waals surface area contributed by atoms with E-state index < -0.39 is 0 Å². The van der Waals surface area contributed by atoms with Crippen LogP contribution in [0.5, 0.6) is 0 Å². The Morgan fingerprint density at radius 1 is 1.33 bits per heavy atom. The van der Waals surface area contributed by atoms with Gasteiger partial charge >= 0.3 is 0 Å². The van der Waals surface area contributed by atoms with Crippen molar-refractivity contribution in [2.24, 2.45) is 0 Å². The maximum atomic E-state index is 5.48. The molecule has 124 valence electrons. The number of fused-ring (bicyclic) bond motifs is 1. The molecule has 0 saturated heterocycles. The Hall–Kier alpha value is -1.76. The number of aromatic nitrogens is 3. The van der Waals surface area contributed by atoms with Gasteiger partial charge in [0, 0.05) is 22.4 Å². The summed E-state index contributed by atoms with van der Waals surface area (Å²) < 4.78 is 2.63. The molecule has 0 spiro atoms. The third-order valence-electron chi connectivity index (χ3n) is 4.90. The molecule has 2 aromatic heterocycles. The van der Waals surface area contributed by atoms with Gasteiger partial charge in [0.05, 0.1) is 6.54 Å². The summed E-state index contributed by atoms with van der Waals surface area (Å²) >= 11 is 7.36. The first-order valence-corrected chi connectivity index (χ1v) is 9.55. The molecule has 0 saturated carbocycles. The number of quaternary nitrogens is 1. The van der Waals surface area contributed by atoms with Crippen LogP contribution < -0.4 is 4.90 Å². The lowest BCUT2D eigenvalue weighted by Crippen LogP contribution is -3.12. The number of aromatic amines is 1. The monoisotopic (exact) mass is 357 g/mol. The maximum Gasteiger partial charge on any atom is 0.221 e. The quantitative estimate of drug-likeness (QED) is 0.707. The number of hydrogen-bond donors (Lipinski definition) is 2. The SMILES string of the molecule is Cc1ccc(-c2nc(=S)n(C[NH+]3CCc4sccc4[C@H]3C)[nH]2)cc1. The van der Waals surface area contributed by atoms with Gasteiger partial charge in [-0.15, -0.1) is 11.3 Å². The molecule has 1 aliphatic heterocycles. The molecule has 3 heterocycles. The van der Waals surface area contributed by atoms with E-state index in [1.807, 2.05) is 16.0 Å². The Kier molecular flexibility index (Phi) is 4.12. The minimum Gasteiger partial charge on any atom is -0.310 e. The minimum absolute atomic E-state index is 0.494. The lowest BCUT2D eigenvalue weighted by molar-refractivity contribution is -0.954. The van der Waals surface area contributed by atoms with E-state index in [0.29, 0.717) is 10.8 Å².